The molecule has 0 saturated carbocycles. The van der Waals surface area contributed by atoms with Gasteiger partial charge in [-0.15, -0.1) is 0 Å². The summed E-state index contributed by atoms with van der Waals surface area (Å²) in [7, 11) is -4.05. The molecular weight excluding hydrogens is 680 g/mol. The molecule has 4 aromatic rings. The third-order valence-electron chi connectivity index (χ3n) is 8.30. The van der Waals surface area contributed by atoms with Gasteiger partial charge in [-0.05, 0) is 52.3 Å². The number of carbonyl (C=O) groups excluding carboxylic acids is 2. The average Bonchev–Trinajstić information content (AvgIpc) is 3.40. The molecule has 8 nitrogen and oxygen atoms in total. The summed E-state index contributed by atoms with van der Waals surface area (Å²) < 4.78 is 34.7. The van der Waals surface area contributed by atoms with Gasteiger partial charge in [-0.1, -0.05) is 121 Å². The van der Waals surface area contributed by atoms with Crippen molar-refractivity contribution in [2.75, 3.05) is 25.0 Å². The highest BCUT2D eigenvalue weighted by Crippen LogP contribution is 2.44. The van der Waals surface area contributed by atoms with Crippen molar-refractivity contribution in [1.82, 2.24) is 9.62 Å². The first-order valence-corrected chi connectivity index (χ1v) is 18.2. The number of Topliss-reactive ketones (excluding diaryl/α,β-unsaturated/α-hetero) is 1. The number of aliphatic hydroxyl groups is 1. The Labute approximate surface area is 285 Å². The molecule has 0 aliphatic heterocycles. The number of ether oxygens (including phenoxy) is 1. The fourth-order valence-corrected chi connectivity index (χ4v) is 7.94. The number of halogens is 1. The number of aliphatic hydroxyl groups excluding tert-OH is 1. The Morgan fingerprint density at radius 2 is 1.43 bits per heavy atom. The van der Waals surface area contributed by atoms with Crippen LogP contribution >= 0.6 is 15.9 Å². The number of ketones is 1. The van der Waals surface area contributed by atoms with Gasteiger partial charge >= 0.3 is 6.09 Å². The molecule has 0 heterocycles. The number of alkyl carbamates (subject to hydrolysis) is 1. The minimum Gasteiger partial charge on any atom is -0.449 e. The Kier molecular flexibility index (Phi) is 11.3. The third kappa shape index (κ3) is 8.19. The molecule has 47 heavy (non-hydrogen) atoms. The lowest BCUT2D eigenvalue weighted by atomic mass is 9.98. The lowest BCUT2D eigenvalue weighted by Gasteiger charge is -2.30. The number of hydrogen-bond acceptors (Lipinski definition) is 6. The fourth-order valence-electron chi connectivity index (χ4n) is 6.00. The van der Waals surface area contributed by atoms with Gasteiger partial charge in [-0.3, -0.25) is 4.79 Å². The molecule has 1 aliphatic rings. The topological polar surface area (TPSA) is 113 Å². The van der Waals surface area contributed by atoms with E-state index in [4.69, 9.17) is 4.74 Å². The molecule has 2 atom stereocenters. The van der Waals surface area contributed by atoms with Crippen LogP contribution in [0.4, 0.5) is 4.79 Å². The largest absolute Gasteiger partial charge is 0.449 e. The summed E-state index contributed by atoms with van der Waals surface area (Å²) in [6, 6.07) is 30.4. The van der Waals surface area contributed by atoms with E-state index in [1.165, 1.54) is 28.6 Å². The Morgan fingerprint density at radius 3 is 2.00 bits per heavy atom. The molecule has 246 valence electrons. The molecule has 4 aromatic carbocycles. The van der Waals surface area contributed by atoms with Crippen LogP contribution in [0.25, 0.3) is 11.1 Å². The van der Waals surface area contributed by atoms with Crippen molar-refractivity contribution in [2.24, 2.45) is 5.92 Å². The number of carbonyl (C=O) groups is 2. The van der Waals surface area contributed by atoms with Crippen LogP contribution in [0, 0.1) is 5.92 Å². The predicted molar refractivity (Wildman–Crippen MR) is 186 cm³/mol. The summed E-state index contributed by atoms with van der Waals surface area (Å²) in [5.41, 5.74) is 5.66. The molecule has 5 rings (SSSR count). The highest BCUT2D eigenvalue weighted by atomic mass is 79.9. The van der Waals surface area contributed by atoms with E-state index in [1.807, 2.05) is 80.6 Å². The second-order valence-electron chi connectivity index (χ2n) is 12.1. The summed E-state index contributed by atoms with van der Waals surface area (Å²) >= 11 is 3.14. The van der Waals surface area contributed by atoms with E-state index in [-0.39, 0.29) is 54.0 Å². The van der Waals surface area contributed by atoms with Gasteiger partial charge in [0, 0.05) is 24.6 Å². The zero-order valence-corrected chi connectivity index (χ0v) is 28.8. The zero-order chi connectivity index (χ0) is 33.6. The van der Waals surface area contributed by atoms with Gasteiger partial charge in [-0.25, -0.2) is 13.2 Å². The summed E-state index contributed by atoms with van der Waals surface area (Å²) in [6.45, 7) is 3.77. The van der Waals surface area contributed by atoms with E-state index in [0.29, 0.717) is 5.56 Å². The zero-order valence-electron chi connectivity index (χ0n) is 26.4. The van der Waals surface area contributed by atoms with Crippen LogP contribution < -0.4 is 5.32 Å². The molecule has 0 radical (unpaired) electrons. The van der Waals surface area contributed by atoms with E-state index in [1.54, 1.807) is 0 Å². The maximum atomic E-state index is 13.8. The van der Waals surface area contributed by atoms with Crippen molar-refractivity contribution in [1.29, 1.82) is 0 Å². The normalized spacial score (nSPS) is 14.0. The lowest BCUT2D eigenvalue weighted by Crippen LogP contribution is -2.51. The standard InChI is InChI=1S/C37H39BrN2O6S/c1-25(2)22-40(47(44,45)28-18-16-27(17-19-28)35(41)21-38)23-36(42)34(20-26-10-4-3-5-11-26)39-37(43)46-24-33-31-14-8-6-12-29(31)30-13-7-9-15-32(30)33/h3-19,25,33-34,36,42H,20-24H2,1-2H3,(H,39,43)/t34-,36+/m0/s1. The summed E-state index contributed by atoms with van der Waals surface area (Å²) in [5.74, 6) is -0.339. The van der Waals surface area contributed by atoms with Crippen LogP contribution in [-0.2, 0) is 21.2 Å². The van der Waals surface area contributed by atoms with Crippen LogP contribution in [0.5, 0.6) is 0 Å². The maximum Gasteiger partial charge on any atom is 0.407 e. The number of hydrogen-bond donors (Lipinski definition) is 2. The van der Waals surface area contributed by atoms with Gasteiger partial charge in [0.05, 0.1) is 22.4 Å². The average molecular weight is 720 g/mol. The minimum atomic E-state index is -4.05. The van der Waals surface area contributed by atoms with E-state index in [2.05, 4.69) is 33.4 Å². The molecule has 1 amide bonds. The Bertz CT molecular complexity index is 1750. The smallest absolute Gasteiger partial charge is 0.407 e. The number of sulfonamides is 1. The molecule has 2 N–H and O–H groups in total. The number of nitrogens with one attached hydrogen (secondary N) is 1. The van der Waals surface area contributed by atoms with Crippen LogP contribution in [0.1, 0.15) is 46.8 Å². The highest BCUT2D eigenvalue weighted by molar-refractivity contribution is 9.09. The molecule has 0 unspecified atom stereocenters. The molecule has 0 spiro atoms. The van der Waals surface area contributed by atoms with Crippen molar-refractivity contribution in [2.45, 2.75) is 43.2 Å². The van der Waals surface area contributed by atoms with E-state index >= 15 is 0 Å². The molecule has 1 aliphatic carbocycles. The van der Waals surface area contributed by atoms with E-state index in [0.717, 1.165) is 27.8 Å². The summed E-state index contributed by atoms with van der Waals surface area (Å²) in [4.78, 5) is 25.4. The Hall–Kier alpha value is -3.83. The van der Waals surface area contributed by atoms with Crippen molar-refractivity contribution >= 4 is 37.8 Å². The first kappa shape index (κ1) is 34.5. The molecule has 0 aromatic heterocycles. The van der Waals surface area contributed by atoms with Crippen molar-refractivity contribution in [3.63, 3.8) is 0 Å². The SMILES string of the molecule is CC(C)CN(C[C@@H](O)[C@H](Cc1ccccc1)NC(=O)OCC1c2ccccc2-c2ccccc21)S(=O)(=O)c1ccc(C(=O)CBr)cc1. The number of benzene rings is 4. The number of rotatable bonds is 14. The van der Waals surface area contributed by atoms with Gasteiger partial charge in [-0.2, -0.15) is 4.31 Å². The van der Waals surface area contributed by atoms with Gasteiger partial charge in [0.15, 0.2) is 5.78 Å². The van der Waals surface area contributed by atoms with E-state index < -0.39 is 28.3 Å². The summed E-state index contributed by atoms with van der Waals surface area (Å²) in [5, 5.41) is 14.5. The highest BCUT2D eigenvalue weighted by Gasteiger charge is 2.33. The second-order valence-corrected chi connectivity index (χ2v) is 14.6. The first-order chi connectivity index (χ1) is 22.6. The lowest BCUT2D eigenvalue weighted by molar-refractivity contribution is 0.0885. The molecule has 0 fully saturated rings. The quantitative estimate of drug-likeness (QED) is 0.115. The number of nitrogens with zero attached hydrogens (tertiary/aromatic N) is 1. The van der Waals surface area contributed by atoms with Gasteiger partial charge in [0.2, 0.25) is 10.0 Å². The number of fused-ring (bicyclic) bond motifs is 3. The van der Waals surface area contributed by atoms with Gasteiger partial charge in [0.1, 0.15) is 6.61 Å². The second kappa shape index (κ2) is 15.4. The minimum absolute atomic E-state index is 0.0144. The van der Waals surface area contributed by atoms with Gasteiger partial charge in [0.25, 0.3) is 0 Å². The Balaban J connectivity index is 1.33. The fraction of sp³-hybridized carbons (Fsp3) is 0.297. The molecule has 0 saturated heterocycles. The van der Waals surface area contributed by atoms with Crippen LogP contribution in [0.3, 0.4) is 0 Å². The number of alkyl halides is 1. The van der Waals surface area contributed by atoms with Crippen molar-refractivity contribution in [3.05, 3.63) is 125 Å². The van der Waals surface area contributed by atoms with Crippen LogP contribution in [0.2, 0.25) is 0 Å². The molecule has 10 heteroatoms. The van der Waals surface area contributed by atoms with Crippen molar-refractivity contribution in [3.8, 4) is 11.1 Å². The van der Waals surface area contributed by atoms with Crippen LogP contribution in [0.15, 0.2) is 108 Å². The molecule has 0 bridgehead atoms. The predicted octanol–water partition coefficient (Wildman–Crippen LogP) is 6.42. The van der Waals surface area contributed by atoms with Gasteiger partial charge < -0.3 is 15.2 Å². The van der Waals surface area contributed by atoms with Crippen molar-refractivity contribution < 1.29 is 27.9 Å². The summed E-state index contributed by atoms with van der Waals surface area (Å²) in [6.07, 6.45) is -1.71. The van der Waals surface area contributed by atoms with E-state index in [9.17, 15) is 23.1 Å². The number of amides is 1. The Morgan fingerprint density at radius 1 is 0.851 bits per heavy atom. The monoisotopic (exact) mass is 718 g/mol. The van der Waals surface area contributed by atoms with Crippen LogP contribution in [-0.4, -0.2) is 66.9 Å². The first-order valence-electron chi connectivity index (χ1n) is 15.6. The molecular formula is C37H39BrN2O6S. The maximum absolute atomic E-state index is 13.8. The third-order valence-corrected chi connectivity index (χ3v) is 10.7.